The molecule has 3 aromatic rings. The SMILES string of the molecule is CCCCCn1nc(C(=O)NCc2ccc3c(c2)CNC3)c2ccccc2c1=O. The second-order valence-corrected chi connectivity index (χ2v) is 7.52. The van der Waals surface area contributed by atoms with Crippen molar-refractivity contribution in [1.82, 2.24) is 20.4 Å². The summed E-state index contributed by atoms with van der Waals surface area (Å²) in [5.41, 5.74) is 3.82. The Morgan fingerprint density at radius 1 is 1.10 bits per heavy atom. The van der Waals surface area contributed by atoms with Crippen LogP contribution in [0.5, 0.6) is 0 Å². The zero-order chi connectivity index (χ0) is 20.2. The first-order chi connectivity index (χ1) is 14.2. The number of benzene rings is 2. The Morgan fingerprint density at radius 2 is 1.90 bits per heavy atom. The van der Waals surface area contributed by atoms with Crippen molar-refractivity contribution in [2.75, 3.05) is 0 Å². The lowest BCUT2D eigenvalue weighted by Gasteiger charge is -2.12. The zero-order valence-electron chi connectivity index (χ0n) is 16.7. The number of carbonyl (C=O) groups is 1. The van der Waals surface area contributed by atoms with Gasteiger partial charge in [0.2, 0.25) is 0 Å². The molecule has 2 N–H and O–H groups in total. The van der Waals surface area contributed by atoms with Crippen molar-refractivity contribution in [1.29, 1.82) is 0 Å². The summed E-state index contributed by atoms with van der Waals surface area (Å²) in [6.45, 7) is 4.83. The van der Waals surface area contributed by atoms with Crippen LogP contribution < -0.4 is 16.2 Å². The lowest BCUT2D eigenvalue weighted by Crippen LogP contribution is -2.30. The maximum absolute atomic E-state index is 13.0. The van der Waals surface area contributed by atoms with Crippen molar-refractivity contribution in [3.63, 3.8) is 0 Å². The quantitative estimate of drug-likeness (QED) is 0.608. The smallest absolute Gasteiger partial charge is 0.274 e. The lowest BCUT2D eigenvalue weighted by molar-refractivity contribution is 0.0945. The van der Waals surface area contributed by atoms with Gasteiger partial charge in [-0.2, -0.15) is 5.10 Å². The molecule has 0 bridgehead atoms. The molecule has 6 heteroatoms. The van der Waals surface area contributed by atoms with Crippen LogP contribution >= 0.6 is 0 Å². The molecule has 0 saturated heterocycles. The number of hydrogen-bond acceptors (Lipinski definition) is 4. The molecule has 0 fully saturated rings. The van der Waals surface area contributed by atoms with Crippen LogP contribution in [-0.2, 0) is 26.2 Å². The molecule has 2 heterocycles. The van der Waals surface area contributed by atoms with E-state index in [0.29, 0.717) is 29.6 Å². The van der Waals surface area contributed by atoms with Gasteiger partial charge in [0.1, 0.15) is 0 Å². The average molecular weight is 390 g/mol. The molecule has 6 nitrogen and oxygen atoms in total. The molecule has 2 aromatic carbocycles. The number of aryl methyl sites for hydroxylation is 1. The Hall–Kier alpha value is -2.99. The molecule has 1 aliphatic heterocycles. The highest BCUT2D eigenvalue weighted by Crippen LogP contribution is 2.18. The number of nitrogens with zero attached hydrogens (tertiary/aromatic N) is 2. The average Bonchev–Trinajstić information content (AvgIpc) is 3.22. The van der Waals surface area contributed by atoms with Crippen LogP contribution in [-0.4, -0.2) is 15.7 Å². The second-order valence-electron chi connectivity index (χ2n) is 7.52. The molecule has 1 aromatic heterocycles. The lowest BCUT2D eigenvalue weighted by atomic mass is 10.1. The van der Waals surface area contributed by atoms with Crippen LogP contribution in [0.4, 0.5) is 0 Å². The van der Waals surface area contributed by atoms with E-state index >= 15 is 0 Å². The number of nitrogens with one attached hydrogen (secondary N) is 2. The van der Waals surface area contributed by atoms with Gasteiger partial charge in [0, 0.05) is 31.6 Å². The van der Waals surface area contributed by atoms with E-state index in [1.807, 2.05) is 18.2 Å². The van der Waals surface area contributed by atoms with Crippen molar-refractivity contribution in [2.24, 2.45) is 0 Å². The van der Waals surface area contributed by atoms with E-state index in [-0.39, 0.29) is 11.5 Å². The summed E-state index contributed by atoms with van der Waals surface area (Å²) in [5.74, 6) is -0.260. The minimum atomic E-state index is -0.260. The third-order valence-corrected chi connectivity index (χ3v) is 5.41. The molecular formula is C23H26N4O2. The fourth-order valence-corrected chi connectivity index (χ4v) is 3.79. The molecular weight excluding hydrogens is 364 g/mol. The van der Waals surface area contributed by atoms with Gasteiger partial charge in [-0.05, 0) is 29.2 Å². The largest absolute Gasteiger partial charge is 0.347 e. The van der Waals surface area contributed by atoms with Crippen molar-refractivity contribution in [3.8, 4) is 0 Å². The van der Waals surface area contributed by atoms with Crippen molar-refractivity contribution < 1.29 is 4.79 Å². The second kappa shape index (κ2) is 8.57. The summed E-state index contributed by atoms with van der Waals surface area (Å²) < 4.78 is 1.44. The first kappa shape index (κ1) is 19.3. The van der Waals surface area contributed by atoms with Crippen LogP contribution in [0.25, 0.3) is 10.8 Å². The molecule has 0 aliphatic carbocycles. The third kappa shape index (κ3) is 4.07. The number of rotatable bonds is 7. The molecule has 0 atom stereocenters. The van der Waals surface area contributed by atoms with Gasteiger partial charge in [-0.1, -0.05) is 56.2 Å². The van der Waals surface area contributed by atoms with Crippen LogP contribution in [0, 0.1) is 0 Å². The Kier molecular flexibility index (Phi) is 5.71. The summed E-state index contributed by atoms with van der Waals surface area (Å²) in [7, 11) is 0. The number of unbranched alkanes of at least 4 members (excludes halogenated alkanes) is 2. The van der Waals surface area contributed by atoms with E-state index in [9.17, 15) is 9.59 Å². The predicted molar refractivity (Wildman–Crippen MR) is 114 cm³/mol. The molecule has 150 valence electrons. The van der Waals surface area contributed by atoms with E-state index in [1.165, 1.54) is 15.8 Å². The number of amides is 1. The van der Waals surface area contributed by atoms with Crippen molar-refractivity contribution in [3.05, 3.63) is 75.2 Å². The Balaban J connectivity index is 1.59. The summed E-state index contributed by atoms with van der Waals surface area (Å²) in [4.78, 5) is 25.7. The molecule has 0 unspecified atom stereocenters. The molecule has 0 spiro atoms. The van der Waals surface area contributed by atoms with E-state index in [0.717, 1.165) is 37.9 Å². The predicted octanol–water partition coefficient (Wildman–Crippen LogP) is 3.12. The Morgan fingerprint density at radius 3 is 2.72 bits per heavy atom. The van der Waals surface area contributed by atoms with Gasteiger partial charge < -0.3 is 10.6 Å². The van der Waals surface area contributed by atoms with Gasteiger partial charge in [0.25, 0.3) is 11.5 Å². The number of hydrogen-bond donors (Lipinski definition) is 2. The highest BCUT2D eigenvalue weighted by atomic mass is 16.2. The molecule has 0 radical (unpaired) electrons. The first-order valence-corrected chi connectivity index (χ1v) is 10.3. The van der Waals surface area contributed by atoms with Crippen molar-refractivity contribution >= 4 is 16.7 Å². The van der Waals surface area contributed by atoms with E-state index in [4.69, 9.17) is 0 Å². The van der Waals surface area contributed by atoms with E-state index in [1.54, 1.807) is 12.1 Å². The molecule has 1 aliphatic rings. The van der Waals surface area contributed by atoms with Crippen LogP contribution in [0.15, 0.2) is 47.3 Å². The molecule has 0 saturated carbocycles. The normalized spacial score (nSPS) is 12.9. The summed E-state index contributed by atoms with van der Waals surface area (Å²) in [6.07, 6.45) is 2.95. The number of aromatic nitrogens is 2. The number of fused-ring (bicyclic) bond motifs is 2. The highest BCUT2D eigenvalue weighted by molar-refractivity contribution is 6.04. The van der Waals surface area contributed by atoms with Gasteiger partial charge in [-0.15, -0.1) is 0 Å². The maximum Gasteiger partial charge on any atom is 0.274 e. The van der Waals surface area contributed by atoms with E-state index in [2.05, 4.69) is 34.8 Å². The Labute approximate surface area is 169 Å². The monoisotopic (exact) mass is 390 g/mol. The van der Waals surface area contributed by atoms with Gasteiger partial charge in [-0.3, -0.25) is 9.59 Å². The minimum Gasteiger partial charge on any atom is -0.347 e. The van der Waals surface area contributed by atoms with Gasteiger partial charge in [0.15, 0.2) is 5.69 Å². The third-order valence-electron chi connectivity index (χ3n) is 5.41. The zero-order valence-corrected chi connectivity index (χ0v) is 16.7. The maximum atomic E-state index is 13.0. The Bertz CT molecular complexity index is 1100. The molecule has 29 heavy (non-hydrogen) atoms. The fourth-order valence-electron chi connectivity index (χ4n) is 3.79. The van der Waals surface area contributed by atoms with Crippen LogP contribution in [0.1, 0.15) is 53.4 Å². The van der Waals surface area contributed by atoms with Crippen LogP contribution in [0.2, 0.25) is 0 Å². The number of carbonyl (C=O) groups excluding carboxylic acids is 1. The standard InChI is InChI=1S/C23H26N4O2/c1-2-3-6-11-27-23(29)20-8-5-4-7-19(20)21(26-27)22(28)25-13-16-9-10-17-14-24-15-18(17)12-16/h4-5,7-10,12,24H,2-3,6,11,13-15H2,1H3,(H,25,28). The topological polar surface area (TPSA) is 76.0 Å². The fraction of sp³-hybridized carbons (Fsp3) is 0.348. The molecule has 4 rings (SSSR count). The first-order valence-electron chi connectivity index (χ1n) is 10.3. The summed E-state index contributed by atoms with van der Waals surface area (Å²) in [5, 5.41) is 11.9. The minimum absolute atomic E-state index is 0.139. The summed E-state index contributed by atoms with van der Waals surface area (Å²) in [6, 6.07) is 13.5. The molecule has 1 amide bonds. The van der Waals surface area contributed by atoms with Crippen molar-refractivity contribution in [2.45, 2.75) is 52.4 Å². The highest BCUT2D eigenvalue weighted by Gasteiger charge is 2.17. The van der Waals surface area contributed by atoms with Crippen LogP contribution in [0.3, 0.4) is 0 Å². The summed E-state index contributed by atoms with van der Waals surface area (Å²) >= 11 is 0. The van der Waals surface area contributed by atoms with Gasteiger partial charge in [-0.25, -0.2) is 4.68 Å². The van der Waals surface area contributed by atoms with Gasteiger partial charge in [0.05, 0.1) is 5.39 Å². The van der Waals surface area contributed by atoms with E-state index < -0.39 is 0 Å². The van der Waals surface area contributed by atoms with Gasteiger partial charge >= 0.3 is 0 Å².